The summed E-state index contributed by atoms with van der Waals surface area (Å²) >= 11 is 0. The van der Waals surface area contributed by atoms with Gasteiger partial charge in [-0.05, 0) is 0 Å². The lowest BCUT2D eigenvalue weighted by atomic mass is 11.0. The molecule has 0 fully saturated rings. The van der Waals surface area contributed by atoms with E-state index in [9.17, 15) is 0 Å². The highest BCUT2D eigenvalue weighted by Gasteiger charge is 0.936. The normalized spacial score (nSPS) is 2.57. The van der Waals surface area contributed by atoms with Crippen molar-refractivity contribution >= 4 is 0 Å². The van der Waals surface area contributed by atoms with Crippen molar-refractivity contribution in [3.05, 3.63) is 0 Å². The van der Waals surface area contributed by atoms with Crippen LogP contribution in [0.4, 0.5) is 0 Å². The first-order valence-electron chi connectivity index (χ1n) is 3.00. The Morgan fingerprint density at radius 3 is 0.429 bits per heavy atom. The quantitative estimate of drug-likeness (QED) is 0.456. The lowest BCUT2D eigenvalue weighted by Gasteiger charge is -1.07. The van der Waals surface area contributed by atoms with Crippen molar-refractivity contribution in [1.29, 1.82) is 0 Å². The minimum Gasteiger partial charge on any atom is -0.412 e. The van der Waals surface area contributed by atoms with Gasteiger partial charge in [0.15, 0.2) is 0 Å². The lowest BCUT2D eigenvalue weighted by Crippen LogP contribution is -0.856. The molecule has 0 unspecified atom stereocenters. The molecule has 0 aliphatic heterocycles. The zero-order valence-electron chi connectivity index (χ0n) is 6.50. The Morgan fingerprint density at radius 1 is 0.429 bits per heavy atom. The van der Waals surface area contributed by atoms with Crippen LogP contribution in [0.2, 0.25) is 0 Å². The summed E-state index contributed by atoms with van der Waals surface area (Å²) < 4.78 is 0. The molecular formula is C6H20O. The third-order valence-corrected chi connectivity index (χ3v) is 0. The van der Waals surface area contributed by atoms with Crippen LogP contribution in [0, 0.1) is 0 Å². The minimum atomic E-state index is 0. The summed E-state index contributed by atoms with van der Waals surface area (Å²) in [7, 11) is 0. The zero-order chi connectivity index (χ0) is 6.00. The highest BCUT2D eigenvalue weighted by Crippen LogP contribution is 1.15. The summed E-state index contributed by atoms with van der Waals surface area (Å²) in [5, 5.41) is 0. The van der Waals surface area contributed by atoms with Crippen LogP contribution in [0.3, 0.4) is 0 Å². The Labute approximate surface area is 48.1 Å². The topological polar surface area (TPSA) is 31.5 Å². The van der Waals surface area contributed by atoms with Crippen molar-refractivity contribution in [3.8, 4) is 0 Å². The van der Waals surface area contributed by atoms with Gasteiger partial charge >= 0.3 is 0 Å². The Balaban J connectivity index is -0.00000000900. The molecule has 0 aromatic rings. The van der Waals surface area contributed by atoms with Crippen molar-refractivity contribution < 1.29 is 5.48 Å². The van der Waals surface area contributed by atoms with Crippen molar-refractivity contribution in [2.24, 2.45) is 0 Å². The van der Waals surface area contributed by atoms with Gasteiger partial charge in [-0.2, -0.15) is 0 Å². The largest absolute Gasteiger partial charge is 0.412 e. The van der Waals surface area contributed by atoms with E-state index in [1.165, 1.54) is 0 Å². The van der Waals surface area contributed by atoms with Gasteiger partial charge < -0.3 is 5.48 Å². The predicted octanol–water partition coefficient (Wildman–Crippen LogP) is 2.25. The molecule has 1 heteroatoms. The van der Waals surface area contributed by atoms with E-state index in [0.29, 0.717) is 0 Å². The summed E-state index contributed by atoms with van der Waals surface area (Å²) in [4.78, 5) is 0. The first-order chi connectivity index (χ1) is 3.00. The zero-order valence-corrected chi connectivity index (χ0v) is 6.50. The summed E-state index contributed by atoms with van der Waals surface area (Å²) in [6.07, 6.45) is 0. The number of hydrogen-bond donors (Lipinski definition) is 0. The maximum absolute atomic E-state index is 2.00. The van der Waals surface area contributed by atoms with Gasteiger partial charge in [0.05, 0.1) is 0 Å². The predicted molar refractivity (Wildman–Crippen MR) is 37.7 cm³/mol. The average Bonchev–Trinajstić information content (AvgIpc) is 1.81. The third-order valence-electron chi connectivity index (χ3n) is 0. The van der Waals surface area contributed by atoms with E-state index in [1.54, 1.807) is 0 Å². The molecule has 7 heavy (non-hydrogen) atoms. The SMILES string of the molecule is CC.CC.CC.O. The van der Waals surface area contributed by atoms with Gasteiger partial charge in [0.2, 0.25) is 0 Å². The summed E-state index contributed by atoms with van der Waals surface area (Å²) in [5.74, 6) is 0. The molecule has 50 valence electrons. The second kappa shape index (κ2) is 91600. The van der Waals surface area contributed by atoms with Crippen molar-refractivity contribution in [3.63, 3.8) is 0 Å². The smallest absolute Gasteiger partial charge is 0.0683 e. The maximum Gasteiger partial charge on any atom is -0.0683 e. The van der Waals surface area contributed by atoms with Crippen LogP contribution >= 0.6 is 0 Å². The fourth-order valence-electron chi connectivity index (χ4n) is 0. The molecular weight excluding hydrogens is 88.1 g/mol. The van der Waals surface area contributed by atoms with Crippen LogP contribution in [-0.4, -0.2) is 5.48 Å². The van der Waals surface area contributed by atoms with E-state index >= 15 is 0 Å². The fourth-order valence-corrected chi connectivity index (χ4v) is 0. The van der Waals surface area contributed by atoms with Crippen LogP contribution in [0.25, 0.3) is 0 Å². The van der Waals surface area contributed by atoms with Crippen molar-refractivity contribution in [2.45, 2.75) is 41.5 Å². The number of rotatable bonds is 0. The third kappa shape index (κ3) is 58400. The minimum absolute atomic E-state index is 0. The van der Waals surface area contributed by atoms with Crippen LogP contribution < -0.4 is 0 Å². The highest BCUT2D eigenvalue weighted by atomic mass is 16.0. The summed E-state index contributed by atoms with van der Waals surface area (Å²) in [6.45, 7) is 12.0. The molecule has 0 aliphatic rings. The van der Waals surface area contributed by atoms with E-state index in [-0.39, 0.29) is 5.48 Å². The van der Waals surface area contributed by atoms with Crippen LogP contribution in [-0.2, 0) is 0 Å². The molecule has 0 aromatic carbocycles. The maximum atomic E-state index is 2.00. The highest BCUT2D eigenvalue weighted by molar-refractivity contribution is 3.51. The van der Waals surface area contributed by atoms with Gasteiger partial charge in [0.25, 0.3) is 0 Å². The van der Waals surface area contributed by atoms with E-state index in [4.69, 9.17) is 0 Å². The molecule has 0 aliphatic carbocycles. The van der Waals surface area contributed by atoms with Gasteiger partial charge in [-0.3, -0.25) is 0 Å². The first-order valence-corrected chi connectivity index (χ1v) is 3.00. The van der Waals surface area contributed by atoms with Gasteiger partial charge in [-0.15, -0.1) is 0 Å². The molecule has 0 atom stereocenters. The van der Waals surface area contributed by atoms with Crippen molar-refractivity contribution in [1.82, 2.24) is 0 Å². The Bertz CT molecular complexity index is 4.14. The van der Waals surface area contributed by atoms with E-state index < -0.39 is 0 Å². The molecule has 0 heterocycles. The van der Waals surface area contributed by atoms with Crippen molar-refractivity contribution in [2.75, 3.05) is 0 Å². The van der Waals surface area contributed by atoms with Crippen LogP contribution in [0.1, 0.15) is 41.5 Å². The van der Waals surface area contributed by atoms with Gasteiger partial charge in [0.1, 0.15) is 0 Å². The Hall–Kier alpha value is -0.0400. The monoisotopic (exact) mass is 108 g/mol. The summed E-state index contributed by atoms with van der Waals surface area (Å²) in [6, 6.07) is 0. The first kappa shape index (κ1) is 28.2. The molecule has 1 nitrogen and oxygen atoms in total. The molecule has 0 aromatic heterocycles. The molecule has 0 radical (unpaired) electrons. The molecule has 0 bridgehead atoms. The van der Waals surface area contributed by atoms with Gasteiger partial charge in [0, 0.05) is 0 Å². The second-order valence-corrected chi connectivity index (χ2v) is 0. The standard InChI is InChI=1S/3C2H6.H2O/c3*1-2;/h3*1-2H3;1H2. The Kier molecular flexibility index (Phi) is 369000. The molecule has 0 saturated carbocycles. The number of hydrogen-bond acceptors (Lipinski definition) is 0. The fraction of sp³-hybridized carbons (Fsp3) is 1.00. The van der Waals surface area contributed by atoms with Gasteiger partial charge in [-0.1, -0.05) is 41.5 Å². The van der Waals surface area contributed by atoms with Gasteiger partial charge in [-0.25, -0.2) is 0 Å². The molecule has 0 spiro atoms. The molecule has 0 amide bonds. The molecule has 2 N–H and O–H groups in total. The van der Waals surface area contributed by atoms with Crippen LogP contribution in [0.15, 0.2) is 0 Å². The van der Waals surface area contributed by atoms with E-state index in [2.05, 4.69) is 0 Å². The molecule has 0 rings (SSSR count). The van der Waals surface area contributed by atoms with E-state index in [1.807, 2.05) is 41.5 Å². The second-order valence-electron chi connectivity index (χ2n) is 0. The average molecular weight is 108 g/mol. The van der Waals surface area contributed by atoms with E-state index in [0.717, 1.165) is 0 Å². The molecule has 0 saturated heterocycles. The summed E-state index contributed by atoms with van der Waals surface area (Å²) in [5.41, 5.74) is 0. The Morgan fingerprint density at radius 2 is 0.429 bits per heavy atom. The van der Waals surface area contributed by atoms with Crippen LogP contribution in [0.5, 0.6) is 0 Å². The lowest BCUT2D eigenvalue weighted by molar-refractivity contribution is 0.824.